The molecule has 2 aromatic rings. The highest BCUT2D eigenvalue weighted by Gasteiger charge is 2.12. The highest BCUT2D eigenvalue weighted by molar-refractivity contribution is 5.78. The van der Waals surface area contributed by atoms with Gasteiger partial charge in [0.25, 0.3) is 0 Å². The number of halogens is 3. The van der Waals surface area contributed by atoms with Crippen molar-refractivity contribution in [1.82, 2.24) is 4.90 Å². The molecular formula is C17H16F3NO2. The normalized spacial score (nSPS) is 10.7. The zero-order valence-electron chi connectivity index (χ0n) is 12.5. The predicted octanol–water partition coefficient (Wildman–Crippen LogP) is 3.63. The van der Waals surface area contributed by atoms with Crippen molar-refractivity contribution in [3.05, 3.63) is 65.5 Å². The number of rotatable bonds is 6. The Morgan fingerprint density at radius 3 is 2.39 bits per heavy atom. The van der Waals surface area contributed by atoms with E-state index in [0.717, 1.165) is 0 Å². The molecule has 23 heavy (non-hydrogen) atoms. The Morgan fingerprint density at radius 1 is 1.13 bits per heavy atom. The molecule has 0 radical (unpaired) electrons. The molecule has 0 aliphatic carbocycles. The molecule has 0 spiro atoms. The first-order chi connectivity index (χ1) is 11.0. The van der Waals surface area contributed by atoms with Crippen LogP contribution in [0, 0.1) is 5.82 Å². The van der Waals surface area contributed by atoms with Crippen LogP contribution in [-0.4, -0.2) is 24.5 Å². The second kappa shape index (κ2) is 7.67. The third kappa shape index (κ3) is 5.02. The lowest BCUT2D eigenvalue weighted by Crippen LogP contribution is -2.28. The Balaban J connectivity index is 1.94. The molecule has 0 aliphatic heterocycles. The Labute approximate surface area is 132 Å². The van der Waals surface area contributed by atoms with Crippen molar-refractivity contribution in [3.63, 3.8) is 0 Å². The van der Waals surface area contributed by atoms with Gasteiger partial charge in [-0.2, -0.15) is 8.78 Å². The molecule has 0 fully saturated rings. The standard InChI is InChI=1S/C17H16F3NO2/c1-21(11-13-4-2-3-5-15(13)18)16(22)10-12-6-8-14(9-7-12)23-17(19)20/h2-9,17H,10-11H2,1H3. The summed E-state index contributed by atoms with van der Waals surface area (Å²) in [6.07, 6.45) is 0.0971. The number of benzene rings is 2. The average Bonchev–Trinajstić information content (AvgIpc) is 2.51. The smallest absolute Gasteiger partial charge is 0.387 e. The van der Waals surface area contributed by atoms with Gasteiger partial charge in [-0.25, -0.2) is 4.39 Å². The van der Waals surface area contributed by atoms with E-state index in [4.69, 9.17) is 0 Å². The molecule has 2 aromatic carbocycles. The number of nitrogens with zero attached hydrogens (tertiary/aromatic N) is 1. The van der Waals surface area contributed by atoms with Crippen molar-refractivity contribution >= 4 is 5.91 Å². The molecule has 0 aliphatic rings. The van der Waals surface area contributed by atoms with E-state index in [9.17, 15) is 18.0 Å². The van der Waals surface area contributed by atoms with Crippen LogP contribution in [0.3, 0.4) is 0 Å². The summed E-state index contributed by atoms with van der Waals surface area (Å²) in [5, 5.41) is 0. The minimum Gasteiger partial charge on any atom is -0.435 e. The molecule has 0 aromatic heterocycles. The summed E-state index contributed by atoms with van der Waals surface area (Å²) in [5.74, 6) is -0.521. The molecule has 0 N–H and O–H groups in total. The van der Waals surface area contributed by atoms with E-state index in [0.29, 0.717) is 11.1 Å². The molecule has 0 saturated heterocycles. The number of ether oxygens (including phenoxy) is 1. The van der Waals surface area contributed by atoms with E-state index in [1.54, 1.807) is 37.4 Å². The van der Waals surface area contributed by atoms with Gasteiger partial charge in [0.05, 0.1) is 6.42 Å². The quantitative estimate of drug-likeness (QED) is 0.812. The Morgan fingerprint density at radius 2 is 1.78 bits per heavy atom. The Bertz CT molecular complexity index is 659. The summed E-state index contributed by atoms with van der Waals surface area (Å²) in [5.41, 5.74) is 1.10. The maximum atomic E-state index is 13.6. The van der Waals surface area contributed by atoms with Gasteiger partial charge in [0.1, 0.15) is 11.6 Å². The van der Waals surface area contributed by atoms with Gasteiger partial charge in [0.2, 0.25) is 5.91 Å². The van der Waals surface area contributed by atoms with Crippen LogP contribution in [0.2, 0.25) is 0 Å². The molecule has 0 saturated carbocycles. The van der Waals surface area contributed by atoms with Gasteiger partial charge >= 0.3 is 6.61 Å². The summed E-state index contributed by atoms with van der Waals surface area (Å²) in [6.45, 7) is -2.72. The van der Waals surface area contributed by atoms with Crippen LogP contribution in [0.5, 0.6) is 5.75 Å². The number of hydrogen-bond donors (Lipinski definition) is 0. The second-order valence-corrected chi connectivity index (χ2v) is 5.04. The second-order valence-electron chi connectivity index (χ2n) is 5.04. The monoisotopic (exact) mass is 323 g/mol. The molecule has 0 bridgehead atoms. The van der Waals surface area contributed by atoms with Crippen molar-refractivity contribution < 1.29 is 22.7 Å². The molecule has 3 nitrogen and oxygen atoms in total. The van der Waals surface area contributed by atoms with Crippen molar-refractivity contribution in [2.45, 2.75) is 19.6 Å². The fourth-order valence-corrected chi connectivity index (χ4v) is 2.07. The largest absolute Gasteiger partial charge is 0.435 e. The van der Waals surface area contributed by atoms with Gasteiger partial charge in [0.15, 0.2) is 0 Å². The fourth-order valence-electron chi connectivity index (χ4n) is 2.07. The molecule has 0 unspecified atom stereocenters. The SMILES string of the molecule is CN(Cc1ccccc1F)C(=O)Cc1ccc(OC(F)F)cc1. The van der Waals surface area contributed by atoms with Gasteiger partial charge in [-0.3, -0.25) is 4.79 Å². The Kier molecular flexibility index (Phi) is 5.62. The lowest BCUT2D eigenvalue weighted by molar-refractivity contribution is -0.129. The van der Waals surface area contributed by atoms with Crippen LogP contribution in [0.25, 0.3) is 0 Å². The maximum absolute atomic E-state index is 13.6. The minimum absolute atomic E-state index is 0.0379. The summed E-state index contributed by atoms with van der Waals surface area (Å²) in [4.78, 5) is 13.6. The molecule has 2 rings (SSSR count). The zero-order valence-corrected chi connectivity index (χ0v) is 12.5. The van der Waals surface area contributed by atoms with Gasteiger partial charge in [-0.1, -0.05) is 30.3 Å². The number of likely N-dealkylation sites (N-methyl/N-ethyl adjacent to an activating group) is 1. The van der Waals surface area contributed by atoms with Crippen LogP contribution in [0.1, 0.15) is 11.1 Å². The maximum Gasteiger partial charge on any atom is 0.387 e. The summed E-state index contributed by atoms with van der Waals surface area (Å²) in [7, 11) is 1.59. The van der Waals surface area contributed by atoms with Crippen LogP contribution in [0.4, 0.5) is 13.2 Å². The Hall–Kier alpha value is -2.50. The van der Waals surface area contributed by atoms with E-state index in [2.05, 4.69) is 4.74 Å². The molecule has 122 valence electrons. The van der Waals surface area contributed by atoms with Gasteiger partial charge in [-0.15, -0.1) is 0 Å². The highest BCUT2D eigenvalue weighted by Crippen LogP contribution is 2.16. The average molecular weight is 323 g/mol. The number of amides is 1. The summed E-state index contributed by atoms with van der Waals surface area (Å²) >= 11 is 0. The van der Waals surface area contributed by atoms with Crippen LogP contribution in [0.15, 0.2) is 48.5 Å². The third-order valence-corrected chi connectivity index (χ3v) is 3.29. The van der Waals surface area contributed by atoms with E-state index in [1.165, 1.54) is 23.1 Å². The van der Waals surface area contributed by atoms with Crippen LogP contribution >= 0.6 is 0 Å². The first-order valence-corrected chi connectivity index (χ1v) is 6.97. The predicted molar refractivity (Wildman–Crippen MR) is 79.7 cm³/mol. The lowest BCUT2D eigenvalue weighted by atomic mass is 10.1. The van der Waals surface area contributed by atoms with Crippen LogP contribution in [-0.2, 0) is 17.8 Å². The molecule has 1 amide bonds. The van der Waals surface area contributed by atoms with Crippen molar-refractivity contribution in [2.75, 3.05) is 7.05 Å². The zero-order chi connectivity index (χ0) is 16.8. The number of carbonyl (C=O) groups excluding carboxylic acids is 1. The van der Waals surface area contributed by atoms with Gasteiger partial charge in [-0.05, 0) is 23.8 Å². The number of alkyl halides is 2. The first kappa shape index (κ1) is 16.9. The number of hydrogen-bond acceptors (Lipinski definition) is 2. The minimum atomic E-state index is -2.88. The van der Waals surface area contributed by atoms with Crippen LogP contribution < -0.4 is 4.74 Å². The van der Waals surface area contributed by atoms with Gasteiger partial charge < -0.3 is 9.64 Å². The van der Waals surface area contributed by atoms with Crippen molar-refractivity contribution in [2.24, 2.45) is 0 Å². The number of carbonyl (C=O) groups is 1. The molecule has 6 heteroatoms. The summed E-state index contributed by atoms with van der Waals surface area (Å²) in [6, 6.07) is 12.1. The molecule has 0 atom stereocenters. The first-order valence-electron chi connectivity index (χ1n) is 6.97. The highest BCUT2D eigenvalue weighted by atomic mass is 19.3. The lowest BCUT2D eigenvalue weighted by Gasteiger charge is -2.18. The van der Waals surface area contributed by atoms with Crippen molar-refractivity contribution in [3.8, 4) is 5.75 Å². The topological polar surface area (TPSA) is 29.5 Å². The van der Waals surface area contributed by atoms with Gasteiger partial charge in [0, 0.05) is 19.2 Å². The fraction of sp³-hybridized carbons (Fsp3) is 0.235. The van der Waals surface area contributed by atoms with Crippen molar-refractivity contribution in [1.29, 1.82) is 0 Å². The van der Waals surface area contributed by atoms with E-state index in [-0.39, 0.29) is 30.4 Å². The third-order valence-electron chi connectivity index (χ3n) is 3.29. The molecule has 0 heterocycles. The van der Waals surface area contributed by atoms with E-state index >= 15 is 0 Å². The summed E-state index contributed by atoms with van der Waals surface area (Å²) < 4.78 is 41.9. The molecular weight excluding hydrogens is 307 g/mol. The van der Waals surface area contributed by atoms with E-state index in [1.807, 2.05) is 0 Å². The van der Waals surface area contributed by atoms with E-state index < -0.39 is 6.61 Å².